The van der Waals surface area contributed by atoms with E-state index >= 15 is 0 Å². The van der Waals surface area contributed by atoms with Crippen molar-refractivity contribution in [2.75, 3.05) is 7.11 Å². The van der Waals surface area contributed by atoms with Crippen molar-refractivity contribution in [3.63, 3.8) is 0 Å². The molecule has 0 unspecified atom stereocenters. The molecule has 3 aromatic heterocycles. The molecule has 1 N–H and O–H groups in total. The van der Waals surface area contributed by atoms with Crippen LogP contribution in [0, 0.1) is 0 Å². The highest BCUT2D eigenvalue weighted by molar-refractivity contribution is 6.12. The third-order valence-electron chi connectivity index (χ3n) is 5.17. The molecule has 0 atom stereocenters. The van der Waals surface area contributed by atoms with Crippen LogP contribution in [0.1, 0.15) is 16.1 Å². The lowest BCUT2D eigenvalue weighted by Crippen LogP contribution is -3.00. The van der Waals surface area contributed by atoms with E-state index in [1.54, 1.807) is 33.6 Å². The van der Waals surface area contributed by atoms with Gasteiger partial charge >= 0.3 is 12.1 Å². The Bertz CT molecular complexity index is 1450. The lowest BCUT2D eigenvalue weighted by atomic mass is 10.1. The summed E-state index contributed by atoms with van der Waals surface area (Å²) in [6.07, 6.45) is -1.18. The zero-order chi connectivity index (χ0) is 21.0. The van der Waals surface area contributed by atoms with Crippen LogP contribution >= 0.6 is 0 Å². The second-order valence-electron chi connectivity index (χ2n) is 6.94. The first-order valence-corrected chi connectivity index (χ1v) is 9.09. The van der Waals surface area contributed by atoms with Crippen molar-refractivity contribution in [2.45, 2.75) is 6.18 Å². The van der Waals surface area contributed by atoms with Crippen LogP contribution in [-0.2, 0) is 10.9 Å². The maximum absolute atomic E-state index is 13.1. The van der Waals surface area contributed by atoms with Gasteiger partial charge in [0.25, 0.3) is 6.33 Å². The number of ether oxygens (including phenoxy) is 1. The van der Waals surface area contributed by atoms with E-state index in [0.717, 1.165) is 33.9 Å². The summed E-state index contributed by atoms with van der Waals surface area (Å²) in [5, 5.41) is 1.76. The number of hydrogen-bond donors (Lipinski definition) is 1. The van der Waals surface area contributed by atoms with Crippen LogP contribution in [0.4, 0.5) is 13.2 Å². The first-order chi connectivity index (χ1) is 14.4. The molecular weight excluding hydrogens is 431 g/mol. The van der Waals surface area contributed by atoms with Crippen molar-refractivity contribution in [1.82, 2.24) is 9.55 Å². The predicted octanol–water partition coefficient (Wildman–Crippen LogP) is 1.66. The first kappa shape index (κ1) is 20.7. The molecule has 158 valence electrons. The van der Waals surface area contributed by atoms with Crippen LogP contribution in [0.3, 0.4) is 0 Å². The van der Waals surface area contributed by atoms with Crippen molar-refractivity contribution in [1.29, 1.82) is 0 Å². The van der Waals surface area contributed by atoms with Gasteiger partial charge in [0.1, 0.15) is 11.9 Å². The molecule has 31 heavy (non-hydrogen) atoms. The van der Waals surface area contributed by atoms with Gasteiger partial charge in [-0.15, -0.1) is 0 Å². The molecule has 2 aromatic carbocycles. The Balaban J connectivity index is 0.00000231. The monoisotopic (exact) mass is 445 g/mol. The topological polar surface area (TPSA) is 51.1 Å². The van der Waals surface area contributed by atoms with Gasteiger partial charge < -0.3 is 22.1 Å². The molecule has 0 saturated carbocycles. The van der Waals surface area contributed by atoms with Crippen molar-refractivity contribution < 1.29 is 39.5 Å². The molecule has 5 aromatic rings. The van der Waals surface area contributed by atoms with Gasteiger partial charge in [-0.05, 0) is 24.3 Å². The Kier molecular flexibility index (Phi) is 4.89. The number of carbonyl (C=O) groups excluding carboxylic acids is 1. The quantitative estimate of drug-likeness (QED) is 0.332. The van der Waals surface area contributed by atoms with Crippen LogP contribution in [0.2, 0.25) is 0 Å². The normalized spacial score (nSPS) is 11.7. The zero-order valence-electron chi connectivity index (χ0n) is 16.1. The number of pyridine rings is 1. The summed E-state index contributed by atoms with van der Waals surface area (Å²) in [7, 11) is 1.29. The summed E-state index contributed by atoms with van der Waals surface area (Å²) in [6.45, 7) is 0. The maximum atomic E-state index is 13.1. The molecule has 0 fully saturated rings. The average molecular weight is 446 g/mol. The van der Waals surface area contributed by atoms with Gasteiger partial charge in [0, 0.05) is 22.4 Å². The van der Waals surface area contributed by atoms with E-state index in [1.165, 1.54) is 13.2 Å². The van der Waals surface area contributed by atoms with Crippen molar-refractivity contribution in [3.05, 3.63) is 78.4 Å². The number of halogens is 4. The minimum Gasteiger partial charge on any atom is -1.00 e. The number of methoxy groups -OCH3 is 1. The highest BCUT2D eigenvalue weighted by atomic mass is 35.5. The summed E-state index contributed by atoms with van der Waals surface area (Å²) in [4.78, 5) is 15.8. The molecule has 0 saturated heterocycles. The summed E-state index contributed by atoms with van der Waals surface area (Å²) < 4.78 is 47.6. The molecule has 0 aliphatic carbocycles. The predicted molar refractivity (Wildman–Crippen MR) is 105 cm³/mol. The number of esters is 1. The smallest absolute Gasteiger partial charge is 0.416 e. The van der Waals surface area contributed by atoms with Gasteiger partial charge in [0.2, 0.25) is 5.69 Å². The van der Waals surface area contributed by atoms with E-state index in [-0.39, 0.29) is 18.1 Å². The zero-order valence-corrected chi connectivity index (χ0v) is 16.8. The molecule has 5 rings (SSSR count). The third kappa shape index (κ3) is 3.29. The van der Waals surface area contributed by atoms with E-state index in [2.05, 4.69) is 4.98 Å². The Morgan fingerprint density at radius 2 is 1.84 bits per heavy atom. The fourth-order valence-corrected chi connectivity index (χ4v) is 3.76. The van der Waals surface area contributed by atoms with Gasteiger partial charge in [-0.3, -0.25) is 0 Å². The standard InChI is InChI=1S/C22H14F3N3O2.ClH/c1-30-21(29)18-10-16-15-7-2-3-8-17(15)26-20(16)19-11-27(12-28(18)19)14-6-4-5-13(9-14)22(23,24)25;/h2-12H,1H3;1H. The maximum Gasteiger partial charge on any atom is 0.416 e. The average Bonchev–Trinajstić information content (AvgIpc) is 3.34. The number of aromatic amines is 1. The van der Waals surface area contributed by atoms with E-state index in [0.29, 0.717) is 11.2 Å². The number of H-pyrrole nitrogens is 1. The molecule has 0 spiro atoms. The van der Waals surface area contributed by atoms with E-state index in [4.69, 9.17) is 4.74 Å². The molecule has 0 aliphatic rings. The van der Waals surface area contributed by atoms with Crippen LogP contribution in [0.25, 0.3) is 33.0 Å². The molecule has 0 bridgehead atoms. The van der Waals surface area contributed by atoms with E-state index < -0.39 is 17.7 Å². The lowest BCUT2D eigenvalue weighted by molar-refractivity contribution is -0.514. The van der Waals surface area contributed by atoms with Gasteiger partial charge in [0.15, 0.2) is 5.52 Å². The second-order valence-corrected chi connectivity index (χ2v) is 6.94. The van der Waals surface area contributed by atoms with Crippen molar-refractivity contribution >= 4 is 33.3 Å². The number of nitrogens with one attached hydrogen (secondary N) is 1. The van der Waals surface area contributed by atoms with E-state index in [1.807, 2.05) is 24.3 Å². The van der Waals surface area contributed by atoms with Crippen molar-refractivity contribution in [2.24, 2.45) is 0 Å². The van der Waals surface area contributed by atoms with Gasteiger partial charge in [-0.2, -0.15) is 17.6 Å². The molecule has 0 radical (unpaired) electrons. The molecule has 9 heteroatoms. The van der Waals surface area contributed by atoms with Crippen LogP contribution < -0.4 is 16.8 Å². The Morgan fingerprint density at radius 3 is 2.58 bits per heavy atom. The highest BCUT2D eigenvalue weighted by Gasteiger charge is 2.31. The summed E-state index contributed by atoms with van der Waals surface area (Å²) in [5.74, 6) is -0.543. The minimum absolute atomic E-state index is 0. The molecule has 0 aliphatic heterocycles. The van der Waals surface area contributed by atoms with Crippen LogP contribution in [0.15, 0.2) is 67.1 Å². The highest BCUT2D eigenvalue weighted by Crippen LogP contribution is 2.31. The third-order valence-corrected chi connectivity index (χ3v) is 5.17. The molecule has 0 amide bonds. The molecular formula is C22H15ClF3N3O2. The van der Waals surface area contributed by atoms with Gasteiger partial charge in [-0.1, -0.05) is 24.3 Å². The van der Waals surface area contributed by atoms with E-state index in [9.17, 15) is 18.0 Å². The fourth-order valence-electron chi connectivity index (χ4n) is 3.76. The number of rotatable bonds is 2. The number of fused-ring (bicyclic) bond motifs is 5. The Labute approximate surface area is 180 Å². The summed E-state index contributed by atoms with van der Waals surface area (Å²) in [5.41, 5.74) is 2.16. The SMILES string of the molecule is COC(=O)c1cc2c3ccccc3[nH]c2c2cn(-c3cccc(C(F)(F)F)c3)c[n+]12.[Cl-]. The number of imidazole rings is 1. The Hall–Kier alpha value is -3.52. The van der Waals surface area contributed by atoms with Gasteiger partial charge in [-0.25, -0.2) is 9.36 Å². The lowest BCUT2D eigenvalue weighted by Gasteiger charge is -2.06. The number of benzene rings is 2. The second kappa shape index (κ2) is 7.31. The van der Waals surface area contributed by atoms with Crippen LogP contribution in [-0.4, -0.2) is 22.6 Å². The minimum atomic E-state index is -4.45. The van der Waals surface area contributed by atoms with Crippen LogP contribution in [0.5, 0.6) is 0 Å². The number of para-hydroxylation sites is 1. The fraction of sp³-hybridized carbons (Fsp3) is 0.0909. The summed E-state index contributed by atoms with van der Waals surface area (Å²) in [6, 6.07) is 14.4. The number of nitrogens with zero attached hydrogens (tertiary/aromatic N) is 2. The number of aromatic nitrogens is 3. The largest absolute Gasteiger partial charge is 1.00 e. The number of carbonyl (C=O) groups is 1. The summed E-state index contributed by atoms with van der Waals surface area (Å²) >= 11 is 0. The Morgan fingerprint density at radius 1 is 1.06 bits per heavy atom. The molecule has 5 nitrogen and oxygen atoms in total. The van der Waals surface area contributed by atoms with Crippen molar-refractivity contribution in [3.8, 4) is 5.69 Å². The first-order valence-electron chi connectivity index (χ1n) is 9.09. The number of hydrogen-bond acceptors (Lipinski definition) is 2. The molecule has 3 heterocycles. The number of alkyl halides is 3. The van der Waals surface area contributed by atoms with Gasteiger partial charge in [0.05, 0.1) is 18.2 Å².